The number of carbonyl (C=O) groups is 1. The van der Waals surface area contributed by atoms with Crippen molar-refractivity contribution in [3.63, 3.8) is 0 Å². The molecule has 1 aliphatic carbocycles. The van der Waals surface area contributed by atoms with Crippen molar-refractivity contribution in [2.24, 2.45) is 0 Å². The first kappa shape index (κ1) is 9.22. The quantitative estimate of drug-likeness (QED) is 0.745. The first-order valence-electron chi connectivity index (χ1n) is 4.12. The molecule has 13 heavy (non-hydrogen) atoms. The maximum absolute atomic E-state index is 11.2. The summed E-state index contributed by atoms with van der Waals surface area (Å²) in [7, 11) is 0. The molecule has 0 atom stereocenters. The highest BCUT2D eigenvalue weighted by atomic mass is 79.9. The molecule has 1 aromatic rings. The molecule has 0 N–H and O–H groups in total. The molecule has 0 aliphatic heterocycles. The van der Waals surface area contributed by atoms with Gasteiger partial charge in [-0.25, -0.2) is 0 Å². The number of carbonyl (C=O) groups excluding carboxylic acids is 1. The number of hydrogen-bond donors (Lipinski definition) is 0. The van der Waals surface area contributed by atoms with E-state index in [0.29, 0.717) is 0 Å². The average Bonchev–Trinajstić information content (AvgIpc) is 2.85. The lowest BCUT2D eigenvalue weighted by Crippen LogP contribution is -2.15. The minimum atomic E-state index is -0.387. The van der Waals surface area contributed by atoms with Crippen molar-refractivity contribution in [2.45, 2.75) is 18.3 Å². The van der Waals surface area contributed by atoms with E-state index in [1.165, 1.54) is 0 Å². The average molecular weight is 260 g/mol. The van der Waals surface area contributed by atoms with Crippen LogP contribution < -0.4 is 0 Å². The maximum atomic E-state index is 11.2. The molecule has 2 rings (SSSR count). The van der Waals surface area contributed by atoms with Gasteiger partial charge >= 0.3 is 0 Å². The molecule has 0 aromatic heterocycles. The van der Waals surface area contributed by atoms with Crippen LogP contribution in [0, 0.1) is 0 Å². The number of benzene rings is 1. The van der Waals surface area contributed by atoms with E-state index in [2.05, 4.69) is 15.9 Å². The van der Waals surface area contributed by atoms with Gasteiger partial charge in [-0.1, -0.05) is 34.1 Å². The van der Waals surface area contributed by atoms with Crippen molar-refractivity contribution in [1.82, 2.24) is 0 Å². The lowest BCUT2D eigenvalue weighted by atomic mass is 9.98. The molecule has 0 heterocycles. The first-order chi connectivity index (χ1) is 6.17. The second kappa shape index (κ2) is 3.10. The zero-order valence-corrected chi connectivity index (χ0v) is 9.23. The van der Waals surface area contributed by atoms with E-state index >= 15 is 0 Å². The Balaban J connectivity index is 2.47. The molecule has 0 bridgehead atoms. The van der Waals surface area contributed by atoms with Gasteiger partial charge in [0.1, 0.15) is 0 Å². The van der Waals surface area contributed by atoms with E-state index < -0.39 is 0 Å². The van der Waals surface area contributed by atoms with E-state index in [4.69, 9.17) is 11.6 Å². The highest BCUT2D eigenvalue weighted by Gasteiger charge is 2.51. The van der Waals surface area contributed by atoms with Crippen molar-refractivity contribution in [1.29, 1.82) is 0 Å². The Morgan fingerprint density at radius 3 is 2.46 bits per heavy atom. The third-order valence-electron chi connectivity index (χ3n) is 2.52. The Labute approximate surface area is 90.2 Å². The van der Waals surface area contributed by atoms with Crippen molar-refractivity contribution in [3.05, 3.63) is 34.3 Å². The monoisotopic (exact) mass is 258 g/mol. The molecule has 0 spiro atoms. The Hall–Kier alpha value is -0.340. The molecule has 0 radical (unpaired) electrons. The van der Waals surface area contributed by atoms with Crippen LogP contribution in [0.3, 0.4) is 0 Å². The SMILES string of the molecule is O=C(Cl)C1(c2ccccc2Br)CC1. The van der Waals surface area contributed by atoms with E-state index in [0.717, 1.165) is 22.9 Å². The van der Waals surface area contributed by atoms with Gasteiger partial charge in [0.2, 0.25) is 5.24 Å². The fourth-order valence-corrected chi connectivity index (χ4v) is 2.50. The van der Waals surface area contributed by atoms with Crippen LogP contribution in [0.2, 0.25) is 0 Å². The number of hydrogen-bond acceptors (Lipinski definition) is 1. The van der Waals surface area contributed by atoms with Crippen molar-refractivity contribution in [2.75, 3.05) is 0 Å². The summed E-state index contributed by atoms with van der Waals surface area (Å²) in [5, 5.41) is -0.237. The van der Waals surface area contributed by atoms with Crippen LogP contribution in [0.1, 0.15) is 18.4 Å². The van der Waals surface area contributed by atoms with Gasteiger partial charge in [-0.2, -0.15) is 0 Å². The minimum absolute atomic E-state index is 0.237. The molecule has 1 nitrogen and oxygen atoms in total. The highest BCUT2D eigenvalue weighted by molar-refractivity contribution is 9.10. The van der Waals surface area contributed by atoms with Crippen molar-refractivity contribution in [3.8, 4) is 0 Å². The molecular weight excluding hydrogens is 251 g/mol. The van der Waals surface area contributed by atoms with E-state index in [-0.39, 0.29) is 10.7 Å². The molecule has 1 aromatic carbocycles. The van der Waals surface area contributed by atoms with Crippen LogP contribution in [0.25, 0.3) is 0 Å². The smallest absolute Gasteiger partial charge is 0.232 e. The summed E-state index contributed by atoms with van der Waals surface area (Å²) in [5.41, 5.74) is 0.636. The molecular formula is C10H8BrClO. The zero-order chi connectivity index (χ0) is 9.47. The van der Waals surface area contributed by atoms with Gasteiger partial charge < -0.3 is 0 Å². The third-order valence-corrected chi connectivity index (χ3v) is 3.57. The summed E-state index contributed by atoms with van der Waals surface area (Å²) in [6.45, 7) is 0. The first-order valence-corrected chi connectivity index (χ1v) is 5.29. The van der Waals surface area contributed by atoms with Crippen LogP contribution in [0.4, 0.5) is 0 Å². The predicted octanol–water partition coefficient (Wildman–Crippen LogP) is 3.25. The molecule has 0 unspecified atom stereocenters. The van der Waals surface area contributed by atoms with E-state index in [1.807, 2.05) is 24.3 Å². The second-order valence-corrected chi connectivity index (χ2v) is 4.53. The number of rotatable bonds is 2. The molecule has 0 amide bonds. The lowest BCUT2D eigenvalue weighted by molar-refractivity contribution is -0.113. The molecule has 3 heteroatoms. The van der Waals surface area contributed by atoms with Crippen molar-refractivity contribution < 1.29 is 4.79 Å². The molecule has 1 saturated carbocycles. The molecule has 1 fully saturated rings. The summed E-state index contributed by atoms with van der Waals surface area (Å²) in [4.78, 5) is 11.2. The Morgan fingerprint density at radius 2 is 2.00 bits per heavy atom. The maximum Gasteiger partial charge on any atom is 0.232 e. The van der Waals surface area contributed by atoms with Gasteiger partial charge in [-0.15, -0.1) is 0 Å². The summed E-state index contributed by atoms with van der Waals surface area (Å²) in [6, 6.07) is 7.76. The van der Waals surface area contributed by atoms with Gasteiger partial charge in [-0.3, -0.25) is 4.79 Å². The highest BCUT2D eigenvalue weighted by Crippen LogP contribution is 2.51. The summed E-state index contributed by atoms with van der Waals surface area (Å²) in [5.74, 6) is 0. The third kappa shape index (κ3) is 1.42. The van der Waals surface area contributed by atoms with Gasteiger partial charge in [0.25, 0.3) is 0 Å². The largest absolute Gasteiger partial charge is 0.280 e. The topological polar surface area (TPSA) is 17.1 Å². The molecule has 1 aliphatic rings. The fourth-order valence-electron chi connectivity index (χ4n) is 1.55. The van der Waals surface area contributed by atoms with Gasteiger partial charge in [-0.05, 0) is 36.1 Å². The fraction of sp³-hybridized carbons (Fsp3) is 0.300. The molecule has 0 saturated heterocycles. The summed E-state index contributed by atoms with van der Waals surface area (Å²) in [6.07, 6.45) is 1.75. The molecule has 68 valence electrons. The van der Waals surface area contributed by atoms with Crippen LogP contribution in [0.15, 0.2) is 28.7 Å². The lowest BCUT2D eigenvalue weighted by Gasteiger charge is -2.11. The van der Waals surface area contributed by atoms with Gasteiger partial charge in [0.05, 0.1) is 5.41 Å². The van der Waals surface area contributed by atoms with Crippen LogP contribution >= 0.6 is 27.5 Å². The standard InChI is InChI=1S/C10H8BrClO/c11-8-4-2-1-3-7(8)10(5-6-10)9(12)13/h1-4H,5-6H2. The van der Waals surface area contributed by atoms with E-state index in [1.54, 1.807) is 0 Å². The van der Waals surface area contributed by atoms with Crippen LogP contribution in [-0.4, -0.2) is 5.24 Å². The number of halogens is 2. The summed E-state index contributed by atoms with van der Waals surface area (Å²) < 4.78 is 0.974. The Morgan fingerprint density at radius 1 is 1.38 bits per heavy atom. The van der Waals surface area contributed by atoms with Crippen LogP contribution in [-0.2, 0) is 10.2 Å². The summed E-state index contributed by atoms with van der Waals surface area (Å²) >= 11 is 9.01. The van der Waals surface area contributed by atoms with E-state index in [9.17, 15) is 4.79 Å². The van der Waals surface area contributed by atoms with Gasteiger partial charge in [0, 0.05) is 4.47 Å². The predicted molar refractivity (Wildman–Crippen MR) is 55.9 cm³/mol. The Bertz CT molecular complexity index is 358. The zero-order valence-electron chi connectivity index (χ0n) is 6.89. The minimum Gasteiger partial charge on any atom is -0.280 e. The van der Waals surface area contributed by atoms with Gasteiger partial charge in [0.15, 0.2) is 0 Å². The Kier molecular flexibility index (Phi) is 2.20. The second-order valence-electron chi connectivity index (χ2n) is 3.34. The normalized spacial score (nSPS) is 18.3. The van der Waals surface area contributed by atoms with Crippen molar-refractivity contribution >= 4 is 32.8 Å². The van der Waals surface area contributed by atoms with Crippen LogP contribution in [0.5, 0.6) is 0 Å².